The van der Waals surface area contributed by atoms with Crippen molar-refractivity contribution in [2.45, 2.75) is 69.4 Å². The molecule has 3 saturated carbocycles. The second-order valence-electron chi connectivity index (χ2n) is 9.25. The van der Waals surface area contributed by atoms with Crippen LogP contribution >= 0.6 is 0 Å². The number of H-pyrrole nitrogens is 1. The number of rotatable bonds is 7. The van der Waals surface area contributed by atoms with E-state index in [1.165, 1.54) is 4.57 Å². The van der Waals surface area contributed by atoms with E-state index >= 15 is 0 Å². The second-order valence-corrected chi connectivity index (χ2v) is 9.25. The van der Waals surface area contributed by atoms with Crippen LogP contribution in [0.5, 0.6) is 17.5 Å². The smallest absolute Gasteiger partial charge is 0.497 e. The van der Waals surface area contributed by atoms with E-state index in [-0.39, 0.29) is 17.0 Å². The monoisotopic (exact) mass is 468 g/mol. The molecule has 0 saturated heterocycles. The Balaban J connectivity index is 1.50. The van der Waals surface area contributed by atoms with E-state index < -0.39 is 11.8 Å². The van der Waals surface area contributed by atoms with Gasteiger partial charge in [0.05, 0.1) is 7.11 Å². The van der Waals surface area contributed by atoms with E-state index in [1.54, 1.807) is 25.3 Å². The van der Waals surface area contributed by atoms with Crippen molar-refractivity contribution in [1.82, 2.24) is 19.5 Å². The first-order valence-corrected chi connectivity index (χ1v) is 11.6. The highest BCUT2D eigenvalue weighted by molar-refractivity contribution is 5.70. The predicted molar refractivity (Wildman–Crippen MR) is 123 cm³/mol. The lowest BCUT2D eigenvalue weighted by Gasteiger charge is -2.51. The molecule has 1 aromatic carbocycles. The van der Waals surface area contributed by atoms with E-state index in [1.807, 2.05) is 13.0 Å². The van der Waals surface area contributed by atoms with Gasteiger partial charge in [0, 0.05) is 18.0 Å². The van der Waals surface area contributed by atoms with Crippen molar-refractivity contribution >= 4 is 17.3 Å². The molecule has 3 aromatic rings. The lowest BCUT2D eigenvalue weighted by Crippen LogP contribution is -2.50. The minimum Gasteiger partial charge on any atom is -0.497 e. The molecule has 34 heavy (non-hydrogen) atoms. The number of aromatic nitrogens is 4. The van der Waals surface area contributed by atoms with Crippen LogP contribution in [0.4, 0.5) is 4.79 Å². The SMILES string of the molecule is CCCn1c(Oc2cccc(OC)c2)nc2nc(C34CCC(OC(=O)O)(CC3)CC4)[nH]c2c1=O. The van der Waals surface area contributed by atoms with Crippen LogP contribution in [0.2, 0.25) is 0 Å². The Morgan fingerprint density at radius 3 is 2.50 bits per heavy atom. The molecule has 2 heterocycles. The van der Waals surface area contributed by atoms with Crippen molar-refractivity contribution in [1.29, 1.82) is 0 Å². The molecule has 0 amide bonds. The highest BCUT2D eigenvalue weighted by Gasteiger charge is 2.53. The Kier molecular flexibility index (Phi) is 5.45. The van der Waals surface area contributed by atoms with Crippen LogP contribution in [0, 0.1) is 0 Å². The quantitative estimate of drug-likeness (QED) is 0.489. The molecular weight excluding hydrogens is 440 g/mol. The molecule has 0 atom stereocenters. The Hall–Kier alpha value is -3.56. The van der Waals surface area contributed by atoms with Crippen molar-refractivity contribution < 1.29 is 24.1 Å². The van der Waals surface area contributed by atoms with Gasteiger partial charge in [-0.3, -0.25) is 9.36 Å². The number of fused-ring (bicyclic) bond motifs is 4. The van der Waals surface area contributed by atoms with Crippen molar-refractivity contribution in [2.75, 3.05) is 7.11 Å². The highest BCUT2D eigenvalue weighted by Crippen LogP contribution is 2.54. The minimum absolute atomic E-state index is 0.185. The topological polar surface area (TPSA) is 129 Å². The van der Waals surface area contributed by atoms with Gasteiger partial charge in [-0.2, -0.15) is 4.98 Å². The maximum absolute atomic E-state index is 13.4. The summed E-state index contributed by atoms with van der Waals surface area (Å²) in [6, 6.07) is 7.31. The number of nitrogens with one attached hydrogen (secondary N) is 1. The molecular formula is C24H28N4O6. The van der Waals surface area contributed by atoms with Crippen LogP contribution < -0.4 is 15.0 Å². The fourth-order valence-corrected chi connectivity index (χ4v) is 5.33. The van der Waals surface area contributed by atoms with Gasteiger partial charge in [-0.15, -0.1) is 0 Å². The average molecular weight is 469 g/mol. The average Bonchev–Trinajstić information content (AvgIpc) is 3.27. The first-order chi connectivity index (χ1) is 16.4. The summed E-state index contributed by atoms with van der Waals surface area (Å²) >= 11 is 0. The van der Waals surface area contributed by atoms with E-state index in [4.69, 9.17) is 24.3 Å². The zero-order chi connectivity index (χ0) is 23.9. The molecule has 2 bridgehead atoms. The molecule has 2 N–H and O–H groups in total. The van der Waals surface area contributed by atoms with Gasteiger partial charge in [-0.05, 0) is 57.1 Å². The first-order valence-electron chi connectivity index (χ1n) is 11.6. The molecule has 3 aliphatic rings. The van der Waals surface area contributed by atoms with Crippen LogP contribution in [0.3, 0.4) is 0 Å². The maximum atomic E-state index is 13.4. The maximum Gasteiger partial charge on any atom is 0.506 e. The van der Waals surface area contributed by atoms with Gasteiger partial charge < -0.3 is 24.3 Å². The summed E-state index contributed by atoms with van der Waals surface area (Å²) in [7, 11) is 1.58. The number of hydrogen-bond acceptors (Lipinski definition) is 7. The number of ether oxygens (including phenoxy) is 3. The van der Waals surface area contributed by atoms with Gasteiger partial charge in [0.2, 0.25) is 0 Å². The van der Waals surface area contributed by atoms with Crippen LogP contribution in [0.15, 0.2) is 29.1 Å². The van der Waals surface area contributed by atoms with E-state index in [9.17, 15) is 9.59 Å². The van der Waals surface area contributed by atoms with Crippen molar-refractivity contribution in [3.05, 3.63) is 40.4 Å². The largest absolute Gasteiger partial charge is 0.506 e. The second kappa shape index (κ2) is 8.34. The molecule has 3 aliphatic carbocycles. The van der Waals surface area contributed by atoms with E-state index in [0.29, 0.717) is 48.5 Å². The van der Waals surface area contributed by atoms with E-state index in [2.05, 4.69) is 9.97 Å². The minimum atomic E-state index is -1.22. The van der Waals surface area contributed by atoms with Crippen LogP contribution in [-0.2, 0) is 16.7 Å². The number of methoxy groups -OCH3 is 1. The number of nitrogens with zero attached hydrogens (tertiary/aromatic N) is 3. The summed E-state index contributed by atoms with van der Waals surface area (Å²) in [4.78, 5) is 37.1. The molecule has 2 aromatic heterocycles. The fraction of sp³-hybridized carbons (Fsp3) is 0.500. The van der Waals surface area contributed by atoms with Gasteiger partial charge in [-0.25, -0.2) is 9.78 Å². The van der Waals surface area contributed by atoms with Crippen molar-refractivity contribution in [2.24, 2.45) is 0 Å². The zero-order valence-corrected chi connectivity index (χ0v) is 19.3. The molecule has 6 rings (SSSR count). The van der Waals surface area contributed by atoms with Gasteiger partial charge in [0.15, 0.2) is 11.2 Å². The lowest BCUT2D eigenvalue weighted by atomic mass is 9.58. The van der Waals surface area contributed by atoms with Gasteiger partial charge >= 0.3 is 12.2 Å². The summed E-state index contributed by atoms with van der Waals surface area (Å²) in [5.74, 6) is 1.89. The fourth-order valence-electron chi connectivity index (χ4n) is 5.33. The van der Waals surface area contributed by atoms with Crippen LogP contribution in [0.25, 0.3) is 11.2 Å². The normalized spacial score (nSPS) is 23.7. The third-order valence-electron chi connectivity index (χ3n) is 7.26. The third-order valence-corrected chi connectivity index (χ3v) is 7.26. The number of benzene rings is 1. The summed E-state index contributed by atoms with van der Waals surface area (Å²) in [6.07, 6.45) is 3.69. The predicted octanol–water partition coefficient (Wildman–Crippen LogP) is 4.37. The Bertz CT molecular complexity index is 1270. The Morgan fingerprint density at radius 1 is 1.15 bits per heavy atom. The van der Waals surface area contributed by atoms with Crippen LogP contribution in [0.1, 0.15) is 57.7 Å². The molecule has 0 aliphatic heterocycles. The summed E-state index contributed by atoms with van der Waals surface area (Å²) in [5.41, 5.74) is -0.372. The number of imidazole rings is 1. The molecule has 3 fully saturated rings. The number of aromatic amines is 1. The zero-order valence-electron chi connectivity index (χ0n) is 19.3. The van der Waals surface area contributed by atoms with Crippen LogP contribution in [-0.4, -0.2) is 43.5 Å². The van der Waals surface area contributed by atoms with Gasteiger partial charge in [-0.1, -0.05) is 13.0 Å². The van der Waals surface area contributed by atoms with E-state index in [0.717, 1.165) is 31.5 Å². The Labute approximate surface area is 195 Å². The van der Waals surface area contributed by atoms with Crippen molar-refractivity contribution in [3.8, 4) is 17.5 Å². The van der Waals surface area contributed by atoms with Gasteiger partial charge in [0.1, 0.15) is 22.9 Å². The first kappa shape index (κ1) is 22.2. The third kappa shape index (κ3) is 3.76. The Morgan fingerprint density at radius 2 is 1.85 bits per heavy atom. The van der Waals surface area contributed by atoms with Gasteiger partial charge in [0.25, 0.3) is 5.56 Å². The van der Waals surface area contributed by atoms with Crippen molar-refractivity contribution in [3.63, 3.8) is 0 Å². The summed E-state index contributed by atoms with van der Waals surface area (Å²) in [5, 5.41) is 9.11. The molecule has 0 unspecified atom stereocenters. The molecule has 0 spiro atoms. The standard InChI is InChI=1S/C24H28N4O6/c1-3-13-28-19(29)17-18(27-21(28)33-16-6-4-5-15(14-16)32-2)26-20(25-17)23-7-10-24(11-8-23,12-9-23)34-22(30)31/h4-6,14H,3,7-13H2,1-2H3,(H,25,26)(H,30,31). The lowest BCUT2D eigenvalue weighted by molar-refractivity contribution is -0.0915. The molecule has 10 heteroatoms. The number of carbonyl (C=O) groups is 1. The molecule has 180 valence electrons. The summed E-state index contributed by atoms with van der Waals surface area (Å²) < 4.78 is 18.0. The molecule has 0 radical (unpaired) electrons. The molecule has 10 nitrogen and oxygen atoms in total. The summed E-state index contributed by atoms with van der Waals surface area (Å²) in [6.45, 7) is 2.44. The highest BCUT2D eigenvalue weighted by atomic mass is 16.7. The number of hydrogen-bond donors (Lipinski definition) is 2. The number of carboxylic acid groups (broad SMARTS) is 1.